The molecule has 0 aliphatic rings. The summed E-state index contributed by atoms with van der Waals surface area (Å²) in [6, 6.07) is 12.8. The van der Waals surface area contributed by atoms with Gasteiger partial charge in [0.1, 0.15) is 12.4 Å². The highest BCUT2D eigenvalue weighted by Gasteiger charge is 2.02. The van der Waals surface area contributed by atoms with Crippen LogP contribution < -0.4 is 16.2 Å². The lowest BCUT2D eigenvalue weighted by Gasteiger charge is -2.09. The fraction of sp³-hybridized carbons (Fsp3) is 0.0769. The van der Waals surface area contributed by atoms with Crippen molar-refractivity contribution in [2.24, 2.45) is 0 Å². The average molecular weight is 249 g/mol. The minimum Gasteiger partial charge on any atom is -0.489 e. The summed E-state index contributed by atoms with van der Waals surface area (Å²) < 4.78 is 5.59. The van der Waals surface area contributed by atoms with Crippen molar-refractivity contribution in [3.05, 3.63) is 53.1 Å². The summed E-state index contributed by atoms with van der Waals surface area (Å²) in [6.07, 6.45) is 0. The zero-order valence-corrected chi connectivity index (χ0v) is 9.95. The summed E-state index contributed by atoms with van der Waals surface area (Å²) in [5.74, 6) is 0.677. The maximum atomic E-state index is 6.02. The number of benzene rings is 2. The number of ether oxygens (including phenoxy) is 1. The van der Waals surface area contributed by atoms with Gasteiger partial charge in [0.05, 0.1) is 11.4 Å². The molecule has 0 spiro atoms. The Bertz CT molecular complexity index is 529. The molecule has 0 aliphatic heterocycles. The summed E-state index contributed by atoms with van der Waals surface area (Å²) in [5, 5.41) is 0.691. The molecule has 0 saturated carbocycles. The van der Waals surface area contributed by atoms with Gasteiger partial charge in [-0.3, -0.25) is 0 Å². The number of nitrogen functional groups attached to an aromatic ring is 2. The number of halogens is 1. The second-order valence-electron chi connectivity index (χ2n) is 3.67. The summed E-state index contributed by atoms with van der Waals surface area (Å²) in [7, 11) is 0. The van der Waals surface area contributed by atoms with Gasteiger partial charge in [0.15, 0.2) is 0 Å². The van der Waals surface area contributed by atoms with Crippen LogP contribution in [0.25, 0.3) is 0 Å². The zero-order valence-electron chi connectivity index (χ0n) is 9.19. The van der Waals surface area contributed by atoms with Crippen LogP contribution in [0.1, 0.15) is 5.56 Å². The minimum atomic E-state index is 0.406. The molecule has 3 nitrogen and oxygen atoms in total. The Kier molecular flexibility index (Phi) is 3.40. The second kappa shape index (κ2) is 4.97. The topological polar surface area (TPSA) is 61.3 Å². The molecule has 4 N–H and O–H groups in total. The lowest BCUT2D eigenvalue weighted by molar-refractivity contribution is 0.306. The van der Waals surface area contributed by atoms with Gasteiger partial charge in [0.2, 0.25) is 0 Å². The van der Waals surface area contributed by atoms with Gasteiger partial charge in [0, 0.05) is 16.7 Å². The maximum Gasteiger partial charge on any atom is 0.122 e. The first-order valence-electron chi connectivity index (χ1n) is 5.18. The predicted molar refractivity (Wildman–Crippen MR) is 71.1 cm³/mol. The van der Waals surface area contributed by atoms with Gasteiger partial charge in [-0.15, -0.1) is 0 Å². The fourth-order valence-corrected chi connectivity index (χ4v) is 1.61. The van der Waals surface area contributed by atoms with Crippen molar-refractivity contribution >= 4 is 23.0 Å². The van der Waals surface area contributed by atoms with Crippen LogP contribution in [0.5, 0.6) is 5.75 Å². The van der Waals surface area contributed by atoms with E-state index in [1.807, 2.05) is 24.3 Å². The van der Waals surface area contributed by atoms with Crippen LogP contribution in [0.2, 0.25) is 5.02 Å². The lowest BCUT2D eigenvalue weighted by Crippen LogP contribution is -1.98. The van der Waals surface area contributed by atoms with E-state index in [0.29, 0.717) is 28.8 Å². The number of anilines is 2. The highest BCUT2D eigenvalue weighted by atomic mass is 35.5. The first kappa shape index (κ1) is 11.6. The molecule has 2 aromatic carbocycles. The van der Waals surface area contributed by atoms with Gasteiger partial charge in [-0.05, 0) is 18.2 Å². The molecule has 0 atom stereocenters. The summed E-state index contributed by atoms with van der Waals surface area (Å²) >= 11 is 6.02. The van der Waals surface area contributed by atoms with Crippen LogP contribution in [-0.4, -0.2) is 0 Å². The largest absolute Gasteiger partial charge is 0.489 e. The van der Waals surface area contributed by atoms with Crippen molar-refractivity contribution in [2.45, 2.75) is 6.61 Å². The predicted octanol–water partition coefficient (Wildman–Crippen LogP) is 3.08. The molecule has 0 aromatic heterocycles. The minimum absolute atomic E-state index is 0.406. The van der Waals surface area contributed by atoms with Crippen LogP contribution in [0.15, 0.2) is 42.5 Å². The molecule has 0 bridgehead atoms. The monoisotopic (exact) mass is 248 g/mol. The van der Waals surface area contributed by atoms with E-state index in [-0.39, 0.29) is 0 Å². The molecular weight excluding hydrogens is 236 g/mol. The van der Waals surface area contributed by atoms with Crippen molar-refractivity contribution < 1.29 is 4.74 Å². The number of hydrogen-bond acceptors (Lipinski definition) is 3. The van der Waals surface area contributed by atoms with Crippen molar-refractivity contribution in [1.29, 1.82) is 0 Å². The van der Waals surface area contributed by atoms with E-state index in [1.54, 1.807) is 18.2 Å². The van der Waals surface area contributed by atoms with E-state index in [0.717, 1.165) is 5.56 Å². The molecule has 0 saturated heterocycles. The van der Waals surface area contributed by atoms with Gasteiger partial charge in [-0.1, -0.05) is 29.8 Å². The Hall–Kier alpha value is -1.87. The molecule has 0 heterocycles. The first-order valence-corrected chi connectivity index (χ1v) is 5.56. The molecule has 0 fully saturated rings. The normalized spacial score (nSPS) is 10.2. The zero-order chi connectivity index (χ0) is 12.3. The van der Waals surface area contributed by atoms with E-state index >= 15 is 0 Å². The fourth-order valence-electron chi connectivity index (χ4n) is 1.42. The van der Waals surface area contributed by atoms with E-state index in [2.05, 4.69) is 0 Å². The third kappa shape index (κ3) is 2.82. The van der Waals surface area contributed by atoms with E-state index < -0.39 is 0 Å². The number of hydrogen-bond donors (Lipinski definition) is 2. The van der Waals surface area contributed by atoms with Gasteiger partial charge in [-0.25, -0.2) is 0 Å². The lowest BCUT2D eigenvalue weighted by atomic mass is 10.2. The molecule has 2 aromatic rings. The second-order valence-corrected chi connectivity index (χ2v) is 4.08. The van der Waals surface area contributed by atoms with Crippen LogP contribution in [0, 0.1) is 0 Å². The summed E-state index contributed by atoms with van der Waals surface area (Å²) in [6.45, 7) is 0.406. The number of nitrogens with two attached hydrogens (primary N) is 2. The molecule has 2 rings (SSSR count). The summed E-state index contributed by atoms with van der Waals surface area (Å²) in [4.78, 5) is 0. The quantitative estimate of drug-likeness (QED) is 0.821. The molecule has 0 unspecified atom stereocenters. The maximum absolute atomic E-state index is 6.02. The van der Waals surface area contributed by atoms with Crippen LogP contribution in [0.3, 0.4) is 0 Å². The Morgan fingerprint density at radius 3 is 2.47 bits per heavy atom. The van der Waals surface area contributed by atoms with Gasteiger partial charge in [-0.2, -0.15) is 0 Å². The van der Waals surface area contributed by atoms with Crippen molar-refractivity contribution in [1.82, 2.24) is 0 Å². The Labute approximate surface area is 105 Å². The Balaban J connectivity index is 2.08. The van der Waals surface area contributed by atoms with Gasteiger partial charge < -0.3 is 16.2 Å². The van der Waals surface area contributed by atoms with Crippen LogP contribution in [0.4, 0.5) is 11.4 Å². The third-order valence-corrected chi connectivity index (χ3v) is 2.78. The van der Waals surface area contributed by atoms with Crippen molar-refractivity contribution in [3.63, 3.8) is 0 Å². The van der Waals surface area contributed by atoms with E-state index in [1.165, 1.54) is 0 Å². The molecule has 88 valence electrons. The van der Waals surface area contributed by atoms with Crippen LogP contribution >= 0.6 is 11.6 Å². The molecule has 0 aliphatic carbocycles. The first-order chi connectivity index (χ1) is 8.16. The van der Waals surface area contributed by atoms with Crippen molar-refractivity contribution in [2.75, 3.05) is 11.5 Å². The molecular formula is C13H13ClN2O. The summed E-state index contributed by atoms with van der Waals surface area (Å²) in [5.41, 5.74) is 13.3. The van der Waals surface area contributed by atoms with Crippen molar-refractivity contribution in [3.8, 4) is 5.75 Å². The van der Waals surface area contributed by atoms with E-state index in [4.69, 9.17) is 27.8 Å². The SMILES string of the molecule is Nc1ccc(OCc2ccccc2Cl)cc1N. The van der Waals surface area contributed by atoms with Crippen LogP contribution in [-0.2, 0) is 6.61 Å². The molecule has 0 amide bonds. The van der Waals surface area contributed by atoms with E-state index in [9.17, 15) is 0 Å². The Morgan fingerprint density at radius 2 is 1.76 bits per heavy atom. The molecule has 4 heteroatoms. The highest BCUT2D eigenvalue weighted by Crippen LogP contribution is 2.23. The molecule has 17 heavy (non-hydrogen) atoms. The third-order valence-electron chi connectivity index (χ3n) is 2.41. The van der Waals surface area contributed by atoms with Gasteiger partial charge in [0.25, 0.3) is 0 Å². The highest BCUT2D eigenvalue weighted by molar-refractivity contribution is 6.31. The standard InChI is InChI=1S/C13H13ClN2O/c14-11-4-2-1-3-9(11)8-17-10-5-6-12(15)13(16)7-10/h1-7H,8,15-16H2. The average Bonchev–Trinajstić information content (AvgIpc) is 2.32. The Morgan fingerprint density at radius 1 is 1.00 bits per heavy atom. The smallest absolute Gasteiger partial charge is 0.122 e. The molecule has 0 radical (unpaired) electrons. The number of rotatable bonds is 3. The van der Waals surface area contributed by atoms with Gasteiger partial charge >= 0.3 is 0 Å².